The van der Waals surface area contributed by atoms with E-state index in [4.69, 9.17) is 15.0 Å². The minimum atomic E-state index is 0.586. The molecule has 0 spiro atoms. The Labute approximate surface area is 337 Å². The van der Waals surface area contributed by atoms with Gasteiger partial charge in [-0.25, -0.2) is 15.0 Å². The molecule has 4 heteroatoms. The Kier molecular flexibility index (Phi) is 8.87. The van der Waals surface area contributed by atoms with Gasteiger partial charge < -0.3 is 0 Å². The van der Waals surface area contributed by atoms with E-state index in [2.05, 4.69) is 176 Å². The van der Waals surface area contributed by atoms with E-state index < -0.39 is 0 Å². The van der Waals surface area contributed by atoms with Crippen LogP contribution in [0, 0.1) is 11.3 Å². The minimum Gasteiger partial charge on any atom is -0.208 e. The zero-order valence-corrected chi connectivity index (χ0v) is 31.4. The molecule has 0 amide bonds. The van der Waals surface area contributed by atoms with E-state index >= 15 is 0 Å². The van der Waals surface area contributed by atoms with Crippen LogP contribution >= 0.6 is 0 Å². The van der Waals surface area contributed by atoms with Gasteiger partial charge in [-0.05, 0) is 90.3 Å². The molecule has 10 aromatic rings. The second-order valence-electron chi connectivity index (χ2n) is 14.3. The number of hydrogen-bond donors (Lipinski definition) is 0. The zero-order valence-electron chi connectivity index (χ0n) is 31.4. The van der Waals surface area contributed by atoms with Crippen LogP contribution in [-0.4, -0.2) is 15.0 Å². The third-order valence-corrected chi connectivity index (χ3v) is 10.8. The first kappa shape index (κ1) is 34.5. The lowest BCUT2D eigenvalue weighted by Crippen LogP contribution is -2.01. The maximum atomic E-state index is 9.76. The van der Waals surface area contributed by atoms with Crippen LogP contribution in [0.2, 0.25) is 0 Å². The highest BCUT2D eigenvalue weighted by Crippen LogP contribution is 2.38. The van der Waals surface area contributed by atoms with E-state index in [0.29, 0.717) is 23.0 Å². The van der Waals surface area contributed by atoms with Gasteiger partial charge in [0, 0.05) is 16.7 Å². The average molecular weight is 739 g/mol. The number of aromatic nitrogens is 3. The van der Waals surface area contributed by atoms with Gasteiger partial charge in [-0.1, -0.05) is 182 Å². The molecule has 0 saturated heterocycles. The van der Waals surface area contributed by atoms with Gasteiger partial charge in [0.25, 0.3) is 0 Å². The first-order valence-electron chi connectivity index (χ1n) is 19.3. The molecule has 0 aliphatic carbocycles. The van der Waals surface area contributed by atoms with Crippen LogP contribution in [0.25, 0.3) is 100 Å². The van der Waals surface area contributed by atoms with Gasteiger partial charge in [0.05, 0.1) is 11.6 Å². The number of rotatable bonds is 7. The third-order valence-electron chi connectivity index (χ3n) is 10.8. The van der Waals surface area contributed by atoms with Crippen molar-refractivity contribution in [1.82, 2.24) is 15.0 Å². The smallest absolute Gasteiger partial charge is 0.164 e. The van der Waals surface area contributed by atoms with Gasteiger partial charge in [-0.2, -0.15) is 5.26 Å². The molecule has 58 heavy (non-hydrogen) atoms. The molecule has 0 saturated carbocycles. The van der Waals surface area contributed by atoms with Crippen LogP contribution in [0.1, 0.15) is 5.56 Å². The fraction of sp³-hybridized carbons (Fsp3) is 0. The monoisotopic (exact) mass is 738 g/mol. The van der Waals surface area contributed by atoms with Crippen LogP contribution in [-0.2, 0) is 0 Å². The first-order valence-corrected chi connectivity index (χ1v) is 19.3. The van der Waals surface area contributed by atoms with E-state index in [1.165, 1.54) is 10.8 Å². The zero-order chi connectivity index (χ0) is 38.8. The highest BCUT2D eigenvalue weighted by Gasteiger charge is 2.18. The summed E-state index contributed by atoms with van der Waals surface area (Å²) in [5, 5.41) is 14.3. The summed E-state index contributed by atoms with van der Waals surface area (Å²) in [5.41, 5.74) is 11.9. The molecular formula is C54H34N4. The maximum Gasteiger partial charge on any atom is 0.164 e. The quantitative estimate of drug-likeness (QED) is 0.163. The third kappa shape index (κ3) is 6.57. The minimum absolute atomic E-state index is 0.586. The standard InChI is InChI=1S/C54H34N4/c55-35-46-17-8-9-19-47(46)43-28-26-42-33-45(29-27-41(42)32-43)53-56-52(40-24-22-37(23-25-40)36-12-3-1-4-13-36)57-54(58-53)51-34-44(30-31-50(51)38-14-5-2-6-15-38)49-21-11-18-39-16-7-10-20-48(39)49/h1-34H. The van der Waals surface area contributed by atoms with Crippen LogP contribution in [0.15, 0.2) is 206 Å². The van der Waals surface area contributed by atoms with Gasteiger partial charge in [0.1, 0.15) is 0 Å². The molecule has 0 bridgehead atoms. The normalized spacial score (nSPS) is 11.1. The summed E-state index contributed by atoms with van der Waals surface area (Å²) < 4.78 is 0. The molecule has 4 nitrogen and oxygen atoms in total. The Hall–Kier alpha value is -8.00. The van der Waals surface area contributed by atoms with E-state index in [1.54, 1.807) is 0 Å². The van der Waals surface area contributed by atoms with Crippen molar-refractivity contribution in [2.75, 3.05) is 0 Å². The van der Waals surface area contributed by atoms with Crippen molar-refractivity contribution >= 4 is 21.5 Å². The molecule has 10 rings (SSSR count). The summed E-state index contributed by atoms with van der Waals surface area (Å²) in [6.45, 7) is 0. The second kappa shape index (κ2) is 14.9. The number of hydrogen-bond acceptors (Lipinski definition) is 4. The Bertz CT molecular complexity index is 3160. The van der Waals surface area contributed by atoms with Gasteiger partial charge >= 0.3 is 0 Å². The number of nitrogens with zero attached hydrogens (tertiary/aromatic N) is 4. The lowest BCUT2D eigenvalue weighted by atomic mass is 9.92. The highest BCUT2D eigenvalue weighted by atomic mass is 15.0. The Morgan fingerprint density at radius 2 is 0.810 bits per heavy atom. The Balaban J connectivity index is 1.16. The molecule has 0 aliphatic heterocycles. The largest absolute Gasteiger partial charge is 0.208 e. The molecule has 0 unspecified atom stereocenters. The molecule has 0 fully saturated rings. The van der Waals surface area contributed by atoms with Gasteiger partial charge in [0.2, 0.25) is 0 Å². The number of nitriles is 1. The van der Waals surface area contributed by atoms with E-state index in [-0.39, 0.29) is 0 Å². The van der Waals surface area contributed by atoms with Crippen LogP contribution in [0.3, 0.4) is 0 Å². The predicted molar refractivity (Wildman–Crippen MR) is 238 cm³/mol. The van der Waals surface area contributed by atoms with Crippen LogP contribution in [0.5, 0.6) is 0 Å². The fourth-order valence-corrected chi connectivity index (χ4v) is 7.83. The molecule has 0 N–H and O–H groups in total. The summed E-state index contributed by atoms with van der Waals surface area (Å²) >= 11 is 0. The highest BCUT2D eigenvalue weighted by molar-refractivity contribution is 5.98. The maximum absolute atomic E-state index is 9.76. The van der Waals surface area contributed by atoms with Gasteiger partial charge in [-0.15, -0.1) is 0 Å². The molecule has 0 atom stereocenters. The van der Waals surface area contributed by atoms with Crippen LogP contribution in [0.4, 0.5) is 0 Å². The number of fused-ring (bicyclic) bond motifs is 2. The van der Waals surface area contributed by atoms with Crippen molar-refractivity contribution in [3.63, 3.8) is 0 Å². The number of benzene rings is 9. The van der Waals surface area contributed by atoms with Crippen LogP contribution < -0.4 is 0 Å². The topological polar surface area (TPSA) is 62.5 Å². The Morgan fingerprint density at radius 1 is 0.293 bits per heavy atom. The molecule has 0 aliphatic rings. The first-order chi connectivity index (χ1) is 28.7. The summed E-state index contributed by atoms with van der Waals surface area (Å²) in [7, 11) is 0. The lowest BCUT2D eigenvalue weighted by molar-refractivity contribution is 1.07. The van der Waals surface area contributed by atoms with E-state index in [1.807, 2.05) is 36.4 Å². The van der Waals surface area contributed by atoms with Crippen molar-refractivity contribution in [1.29, 1.82) is 5.26 Å². The molecule has 0 radical (unpaired) electrons. The Morgan fingerprint density at radius 3 is 1.59 bits per heavy atom. The molecule has 1 heterocycles. The molecule has 270 valence electrons. The van der Waals surface area contributed by atoms with Crippen molar-refractivity contribution < 1.29 is 0 Å². The summed E-state index contributed by atoms with van der Waals surface area (Å²) in [5.74, 6) is 1.77. The van der Waals surface area contributed by atoms with E-state index in [9.17, 15) is 5.26 Å². The lowest BCUT2D eigenvalue weighted by Gasteiger charge is -2.15. The second-order valence-corrected chi connectivity index (χ2v) is 14.3. The van der Waals surface area contributed by atoms with Gasteiger partial charge in [0.15, 0.2) is 17.5 Å². The van der Waals surface area contributed by atoms with Crippen molar-refractivity contribution in [2.24, 2.45) is 0 Å². The fourth-order valence-electron chi connectivity index (χ4n) is 7.83. The van der Waals surface area contributed by atoms with Crippen molar-refractivity contribution in [3.8, 4) is 84.7 Å². The van der Waals surface area contributed by atoms with E-state index in [0.717, 1.165) is 72.0 Å². The average Bonchev–Trinajstić information content (AvgIpc) is 3.31. The SMILES string of the molecule is N#Cc1ccccc1-c1ccc2cc(-c3nc(-c4ccc(-c5ccccc5)cc4)nc(-c4cc(-c5cccc6ccccc56)ccc4-c4ccccc4)n3)ccc2c1. The van der Waals surface area contributed by atoms with Crippen molar-refractivity contribution in [2.45, 2.75) is 0 Å². The molecule has 1 aromatic heterocycles. The summed E-state index contributed by atoms with van der Waals surface area (Å²) in [4.78, 5) is 15.7. The van der Waals surface area contributed by atoms with Gasteiger partial charge in [-0.3, -0.25) is 0 Å². The predicted octanol–water partition coefficient (Wildman–Crippen LogP) is 13.7. The molecule has 9 aromatic carbocycles. The summed E-state index contributed by atoms with van der Waals surface area (Å²) in [6.07, 6.45) is 0. The molecular weight excluding hydrogens is 705 g/mol. The summed E-state index contributed by atoms with van der Waals surface area (Å²) in [6, 6.07) is 73.5. The van der Waals surface area contributed by atoms with Crippen molar-refractivity contribution in [3.05, 3.63) is 212 Å².